The third-order valence-electron chi connectivity index (χ3n) is 4.11. The number of carbonyl (C=O) groups excluding carboxylic acids is 1. The normalized spacial score (nSPS) is 11.2. The number of amides is 1. The second-order valence-corrected chi connectivity index (χ2v) is 6.14. The van der Waals surface area contributed by atoms with Gasteiger partial charge in [0.15, 0.2) is 0 Å². The second kappa shape index (κ2) is 11.7. The molecule has 0 spiro atoms. The minimum Gasteiger partial charge on any atom is -0.399 e. The molecule has 0 aliphatic heterocycles. The number of halogens is 2. The molecule has 4 nitrogen and oxygen atoms in total. The first-order chi connectivity index (χ1) is 11.1. The van der Waals surface area contributed by atoms with E-state index in [1.165, 1.54) is 0 Å². The predicted molar refractivity (Wildman–Crippen MR) is 108 cm³/mol. The molecule has 0 saturated heterocycles. The van der Waals surface area contributed by atoms with Gasteiger partial charge in [-0.2, -0.15) is 0 Å². The number of rotatable bonds is 7. The monoisotopic (exact) mass is 383 g/mol. The van der Waals surface area contributed by atoms with E-state index >= 15 is 0 Å². The quantitative estimate of drug-likeness (QED) is 0.709. The fourth-order valence-corrected chi connectivity index (χ4v) is 2.66. The van der Waals surface area contributed by atoms with Gasteiger partial charge in [0, 0.05) is 37.0 Å². The number of nitrogens with one attached hydrogen (secondary N) is 1. The molecule has 0 aliphatic rings. The lowest BCUT2D eigenvalue weighted by Gasteiger charge is -2.21. The summed E-state index contributed by atoms with van der Waals surface area (Å²) in [7, 11) is 0. The Bertz CT molecular complexity index is 636. The third kappa shape index (κ3) is 7.32. The van der Waals surface area contributed by atoms with Gasteiger partial charge in [-0.1, -0.05) is 38.1 Å². The Morgan fingerprint density at radius 1 is 1.16 bits per heavy atom. The molecule has 3 N–H and O–H groups in total. The standard InChI is InChI=1S/C19H25N3O.2ClH/c1-14(2)17(16-7-5-11-21-12-16)13-22-19(23)10-9-15-6-3-4-8-18(15)20;;/h3-8,11-12,14,17H,9-10,13,20H2,1-2H3,(H,22,23);2*1H. The van der Waals surface area contributed by atoms with Gasteiger partial charge >= 0.3 is 0 Å². The number of aryl methyl sites for hydroxylation is 1. The molecule has 0 bridgehead atoms. The van der Waals surface area contributed by atoms with Crippen LogP contribution in [0.3, 0.4) is 0 Å². The van der Waals surface area contributed by atoms with Crippen LogP contribution < -0.4 is 11.1 Å². The zero-order valence-electron chi connectivity index (χ0n) is 14.6. The zero-order valence-corrected chi connectivity index (χ0v) is 16.3. The van der Waals surface area contributed by atoms with Crippen LogP contribution in [0.4, 0.5) is 5.69 Å². The molecule has 0 radical (unpaired) electrons. The van der Waals surface area contributed by atoms with Crippen molar-refractivity contribution in [1.82, 2.24) is 10.3 Å². The van der Waals surface area contributed by atoms with E-state index in [2.05, 4.69) is 30.2 Å². The molecule has 25 heavy (non-hydrogen) atoms. The molecule has 2 rings (SSSR count). The van der Waals surface area contributed by atoms with Crippen molar-refractivity contribution in [3.05, 3.63) is 59.9 Å². The van der Waals surface area contributed by atoms with Crippen molar-refractivity contribution in [2.45, 2.75) is 32.6 Å². The Labute approximate surface area is 162 Å². The molecule has 2 aromatic rings. The van der Waals surface area contributed by atoms with Crippen LogP contribution in [0.5, 0.6) is 0 Å². The maximum atomic E-state index is 12.1. The summed E-state index contributed by atoms with van der Waals surface area (Å²) in [6.45, 7) is 4.95. The number of pyridine rings is 1. The van der Waals surface area contributed by atoms with Gasteiger partial charge in [0.05, 0.1) is 0 Å². The lowest BCUT2D eigenvalue weighted by Crippen LogP contribution is -2.30. The van der Waals surface area contributed by atoms with Crippen molar-refractivity contribution in [1.29, 1.82) is 0 Å². The van der Waals surface area contributed by atoms with E-state index in [4.69, 9.17) is 5.73 Å². The topological polar surface area (TPSA) is 68.0 Å². The summed E-state index contributed by atoms with van der Waals surface area (Å²) in [5.74, 6) is 0.765. The van der Waals surface area contributed by atoms with Gasteiger partial charge in [-0.3, -0.25) is 9.78 Å². The SMILES string of the molecule is CC(C)C(CNC(=O)CCc1ccccc1N)c1cccnc1.Cl.Cl. The largest absolute Gasteiger partial charge is 0.399 e. The number of aromatic nitrogens is 1. The summed E-state index contributed by atoms with van der Waals surface area (Å²) in [4.78, 5) is 16.3. The first-order valence-electron chi connectivity index (χ1n) is 8.08. The number of nitrogen functional groups attached to an aromatic ring is 1. The van der Waals surface area contributed by atoms with E-state index in [0.717, 1.165) is 16.8 Å². The Morgan fingerprint density at radius 2 is 1.88 bits per heavy atom. The summed E-state index contributed by atoms with van der Waals surface area (Å²) in [6.07, 6.45) is 4.76. The van der Waals surface area contributed by atoms with Crippen molar-refractivity contribution in [3.63, 3.8) is 0 Å². The molecule has 1 atom stereocenters. The molecule has 1 heterocycles. The Morgan fingerprint density at radius 3 is 2.48 bits per heavy atom. The van der Waals surface area contributed by atoms with E-state index < -0.39 is 0 Å². The third-order valence-corrected chi connectivity index (χ3v) is 4.11. The van der Waals surface area contributed by atoms with Crippen LogP contribution in [0, 0.1) is 5.92 Å². The molecule has 6 heteroatoms. The summed E-state index contributed by atoms with van der Waals surface area (Å²) in [6, 6.07) is 11.7. The van der Waals surface area contributed by atoms with E-state index in [-0.39, 0.29) is 36.6 Å². The van der Waals surface area contributed by atoms with Crippen LogP contribution in [0.1, 0.15) is 37.3 Å². The number of nitrogens with two attached hydrogens (primary N) is 1. The Hall–Kier alpha value is -1.78. The summed E-state index contributed by atoms with van der Waals surface area (Å²) in [5.41, 5.74) is 8.84. The summed E-state index contributed by atoms with van der Waals surface area (Å²) in [5, 5.41) is 3.04. The molecular formula is C19H27Cl2N3O. The van der Waals surface area contributed by atoms with E-state index in [1.54, 1.807) is 6.20 Å². The van der Waals surface area contributed by atoms with Crippen molar-refractivity contribution < 1.29 is 4.79 Å². The highest BCUT2D eigenvalue weighted by Crippen LogP contribution is 2.22. The van der Waals surface area contributed by atoms with Gasteiger partial charge < -0.3 is 11.1 Å². The number of benzene rings is 1. The van der Waals surface area contributed by atoms with Crippen LogP contribution in [-0.4, -0.2) is 17.4 Å². The lowest BCUT2D eigenvalue weighted by molar-refractivity contribution is -0.121. The van der Waals surface area contributed by atoms with Gasteiger partial charge in [0.1, 0.15) is 0 Å². The highest BCUT2D eigenvalue weighted by Gasteiger charge is 2.17. The Balaban J connectivity index is 0.00000288. The van der Waals surface area contributed by atoms with Crippen LogP contribution in [0.15, 0.2) is 48.8 Å². The molecule has 1 unspecified atom stereocenters. The van der Waals surface area contributed by atoms with Crippen molar-refractivity contribution in [2.24, 2.45) is 5.92 Å². The van der Waals surface area contributed by atoms with Gasteiger partial charge in [0.2, 0.25) is 5.91 Å². The fourth-order valence-electron chi connectivity index (χ4n) is 2.66. The summed E-state index contributed by atoms with van der Waals surface area (Å²) < 4.78 is 0. The average molecular weight is 384 g/mol. The maximum absolute atomic E-state index is 12.1. The van der Waals surface area contributed by atoms with E-state index in [1.807, 2.05) is 36.5 Å². The van der Waals surface area contributed by atoms with Crippen molar-refractivity contribution in [2.75, 3.05) is 12.3 Å². The van der Waals surface area contributed by atoms with Gasteiger partial charge in [0.25, 0.3) is 0 Å². The number of carbonyl (C=O) groups is 1. The molecule has 1 amide bonds. The van der Waals surface area contributed by atoms with Crippen LogP contribution in [-0.2, 0) is 11.2 Å². The average Bonchev–Trinajstić information content (AvgIpc) is 2.55. The molecule has 0 fully saturated rings. The molecule has 0 aliphatic carbocycles. The minimum absolute atomic E-state index is 0. The number of hydrogen-bond donors (Lipinski definition) is 2. The van der Waals surface area contributed by atoms with E-state index in [0.29, 0.717) is 25.3 Å². The fraction of sp³-hybridized carbons (Fsp3) is 0.368. The predicted octanol–water partition coefficient (Wildman–Crippen LogP) is 4.00. The molecule has 1 aromatic heterocycles. The van der Waals surface area contributed by atoms with Gasteiger partial charge in [-0.25, -0.2) is 0 Å². The minimum atomic E-state index is 0. The first-order valence-corrected chi connectivity index (χ1v) is 8.08. The van der Waals surface area contributed by atoms with Crippen LogP contribution in [0.25, 0.3) is 0 Å². The highest BCUT2D eigenvalue weighted by molar-refractivity contribution is 5.85. The van der Waals surface area contributed by atoms with Crippen molar-refractivity contribution >= 4 is 36.4 Å². The van der Waals surface area contributed by atoms with Crippen molar-refractivity contribution in [3.8, 4) is 0 Å². The Kier molecular flexibility index (Phi) is 10.9. The van der Waals surface area contributed by atoms with Gasteiger partial charge in [-0.15, -0.1) is 24.8 Å². The molecular weight excluding hydrogens is 357 g/mol. The second-order valence-electron chi connectivity index (χ2n) is 6.14. The smallest absolute Gasteiger partial charge is 0.220 e. The maximum Gasteiger partial charge on any atom is 0.220 e. The number of para-hydroxylation sites is 1. The number of anilines is 1. The lowest BCUT2D eigenvalue weighted by atomic mass is 9.89. The highest BCUT2D eigenvalue weighted by atomic mass is 35.5. The number of hydrogen-bond acceptors (Lipinski definition) is 3. The molecule has 1 aromatic carbocycles. The first kappa shape index (κ1) is 23.2. The van der Waals surface area contributed by atoms with Crippen LogP contribution in [0.2, 0.25) is 0 Å². The zero-order chi connectivity index (χ0) is 16.7. The molecule has 0 saturated carbocycles. The van der Waals surface area contributed by atoms with E-state index in [9.17, 15) is 4.79 Å². The molecule has 138 valence electrons. The summed E-state index contributed by atoms with van der Waals surface area (Å²) >= 11 is 0. The number of nitrogens with zero attached hydrogens (tertiary/aromatic N) is 1. The van der Waals surface area contributed by atoms with Gasteiger partial charge in [-0.05, 0) is 35.6 Å². The van der Waals surface area contributed by atoms with Crippen LogP contribution >= 0.6 is 24.8 Å².